The fraction of sp³-hybridized carbons (Fsp3) is 0.526. The van der Waals surface area contributed by atoms with Crippen molar-refractivity contribution in [3.63, 3.8) is 0 Å². The molecule has 0 saturated heterocycles. The van der Waals surface area contributed by atoms with E-state index in [9.17, 15) is 14.4 Å². The highest BCUT2D eigenvalue weighted by Crippen LogP contribution is 2.21. The van der Waals surface area contributed by atoms with E-state index < -0.39 is 11.6 Å². The van der Waals surface area contributed by atoms with E-state index in [1.54, 1.807) is 24.3 Å². The normalized spacial score (nSPS) is 15.5. The smallest absolute Gasteiger partial charge is 0.323 e. The van der Waals surface area contributed by atoms with Gasteiger partial charge < -0.3 is 10.1 Å². The van der Waals surface area contributed by atoms with Crippen molar-refractivity contribution in [2.24, 2.45) is 5.92 Å². The van der Waals surface area contributed by atoms with E-state index in [4.69, 9.17) is 4.74 Å². The maximum atomic E-state index is 12.3. The number of nitrogens with zero attached hydrogens (tertiary/aromatic N) is 1. The summed E-state index contributed by atoms with van der Waals surface area (Å²) in [7, 11) is 0. The maximum Gasteiger partial charge on any atom is 0.323 e. The van der Waals surface area contributed by atoms with E-state index in [1.165, 1.54) is 4.90 Å². The second-order valence-electron chi connectivity index (χ2n) is 7.52. The van der Waals surface area contributed by atoms with Crippen LogP contribution in [-0.2, 0) is 9.53 Å². The molecule has 2 rings (SSSR count). The molecule has 1 atom stereocenters. The largest absolute Gasteiger partial charge is 0.459 e. The van der Waals surface area contributed by atoms with E-state index in [0.717, 1.165) is 0 Å². The Bertz CT molecular complexity index is 641. The number of imide groups is 1. The minimum absolute atomic E-state index is 0.0250. The summed E-state index contributed by atoms with van der Waals surface area (Å²) in [5, 5.41) is 3.12. The topological polar surface area (TPSA) is 75.7 Å². The van der Waals surface area contributed by atoms with Crippen LogP contribution >= 0.6 is 0 Å². The Morgan fingerprint density at radius 2 is 1.64 bits per heavy atom. The minimum atomic E-state index is -0.561. The maximum absolute atomic E-state index is 12.3. The first-order valence-corrected chi connectivity index (χ1v) is 8.53. The fourth-order valence-corrected chi connectivity index (χ4v) is 2.73. The standard InChI is InChI=1S/C19H26N2O4/c1-12(2)15(18(24)25-19(3,4)5)20-10-11-21-16(22)13-8-6-7-9-14(13)17(21)23/h6-9,12,15,20H,10-11H2,1-5H3. The second-order valence-corrected chi connectivity index (χ2v) is 7.52. The molecule has 1 aromatic carbocycles. The van der Waals surface area contributed by atoms with Crippen LogP contribution in [0.1, 0.15) is 55.3 Å². The summed E-state index contributed by atoms with van der Waals surface area (Å²) in [6.07, 6.45) is 0. The van der Waals surface area contributed by atoms with Crippen LogP contribution in [0.4, 0.5) is 0 Å². The summed E-state index contributed by atoms with van der Waals surface area (Å²) in [4.78, 5) is 38.2. The first kappa shape index (κ1) is 19.1. The lowest BCUT2D eigenvalue weighted by Gasteiger charge is -2.27. The van der Waals surface area contributed by atoms with E-state index in [2.05, 4.69) is 5.32 Å². The predicted octanol–water partition coefficient (Wildman–Crippen LogP) is 2.24. The van der Waals surface area contributed by atoms with E-state index in [0.29, 0.717) is 17.7 Å². The molecule has 136 valence electrons. The van der Waals surface area contributed by atoms with E-state index in [1.807, 2.05) is 34.6 Å². The summed E-state index contributed by atoms with van der Waals surface area (Å²) >= 11 is 0. The number of fused-ring (bicyclic) bond motifs is 1. The Morgan fingerprint density at radius 3 is 2.08 bits per heavy atom. The van der Waals surface area contributed by atoms with Gasteiger partial charge in [0.15, 0.2) is 0 Å². The monoisotopic (exact) mass is 346 g/mol. The van der Waals surface area contributed by atoms with Crippen LogP contribution in [0.25, 0.3) is 0 Å². The molecular formula is C19H26N2O4. The summed E-state index contributed by atoms with van der Waals surface area (Å²) in [6.45, 7) is 9.84. The molecule has 1 aliphatic heterocycles. The molecule has 0 aromatic heterocycles. The molecule has 0 fully saturated rings. The number of carbonyl (C=O) groups is 3. The Kier molecular flexibility index (Phi) is 5.62. The summed E-state index contributed by atoms with van der Waals surface area (Å²) in [5.41, 5.74) is 0.300. The van der Waals surface area contributed by atoms with Gasteiger partial charge in [0.05, 0.1) is 11.1 Å². The van der Waals surface area contributed by atoms with Crippen molar-refractivity contribution in [1.29, 1.82) is 0 Å². The number of benzene rings is 1. The quantitative estimate of drug-likeness (QED) is 0.631. The van der Waals surface area contributed by atoms with Crippen LogP contribution in [-0.4, -0.2) is 47.4 Å². The zero-order chi connectivity index (χ0) is 18.8. The van der Waals surface area contributed by atoms with Gasteiger partial charge in [-0.3, -0.25) is 19.3 Å². The summed E-state index contributed by atoms with van der Waals surface area (Å²) < 4.78 is 5.43. The lowest BCUT2D eigenvalue weighted by molar-refractivity contribution is -0.158. The van der Waals surface area contributed by atoms with Crippen LogP contribution in [0.3, 0.4) is 0 Å². The van der Waals surface area contributed by atoms with Crippen molar-refractivity contribution in [3.8, 4) is 0 Å². The van der Waals surface area contributed by atoms with Crippen LogP contribution in [0, 0.1) is 5.92 Å². The number of rotatable bonds is 6. The highest BCUT2D eigenvalue weighted by atomic mass is 16.6. The molecule has 6 nitrogen and oxygen atoms in total. The molecule has 1 aliphatic rings. The van der Waals surface area contributed by atoms with E-state index >= 15 is 0 Å². The Morgan fingerprint density at radius 1 is 1.12 bits per heavy atom. The third-order valence-electron chi connectivity index (χ3n) is 3.91. The third-order valence-corrected chi connectivity index (χ3v) is 3.91. The van der Waals surface area contributed by atoms with E-state index in [-0.39, 0.29) is 30.2 Å². The third kappa shape index (κ3) is 4.45. The average molecular weight is 346 g/mol. The fourth-order valence-electron chi connectivity index (χ4n) is 2.73. The molecule has 6 heteroatoms. The lowest BCUT2D eigenvalue weighted by Crippen LogP contribution is -2.47. The molecule has 1 unspecified atom stereocenters. The predicted molar refractivity (Wildman–Crippen MR) is 94.3 cm³/mol. The molecule has 1 N–H and O–H groups in total. The van der Waals surface area contributed by atoms with Crippen molar-refractivity contribution < 1.29 is 19.1 Å². The van der Waals surface area contributed by atoms with Crippen LogP contribution in [0.5, 0.6) is 0 Å². The van der Waals surface area contributed by atoms with Gasteiger partial charge in [-0.15, -0.1) is 0 Å². The van der Waals surface area contributed by atoms with Crippen molar-refractivity contribution in [2.45, 2.75) is 46.3 Å². The first-order valence-electron chi connectivity index (χ1n) is 8.53. The van der Waals surface area contributed by atoms with Gasteiger partial charge >= 0.3 is 5.97 Å². The highest BCUT2D eigenvalue weighted by Gasteiger charge is 2.35. The second kappa shape index (κ2) is 7.35. The molecule has 1 aromatic rings. The van der Waals surface area contributed by atoms with Gasteiger partial charge in [-0.1, -0.05) is 26.0 Å². The Labute approximate surface area is 148 Å². The molecular weight excluding hydrogens is 320 g/mol. The zero-order valence-electron chi connectivity index (χ0n) is 15.5. The van der Waals surface area contributed by atoms with Crippen molar-refractivity contribution in [2.75, 3.05) is 13.1 Å². The lowest BCUT2D eigenvalue weighted by atomic mass is 10.0. The van der Waals surface area contributed by atoms with Gasteiger partial charge in [0, 0.05) is 13.1 Å². The molecule has 25 heavy (non-hydrogen) atoms. The van der Waals surface area contributed by atoms with Gasteiger partial charge in [-0.05, 0) is 38.8 Å². The summed E-state index contributed by atoms with van der Waals surface area (Å²) in [5.74, 6) is -0.886. The number of ether oxygens (including phenoxy) is 1. The number of hydrogen-bond donors (Lipinski definition) is 1. The zero-order valence-corrected chi connectivity index (χ0v) is 15.5. The summed E-state index contributed by atoms with van der Waals surface area (Å²) in [6, 6.07) is 6.29. The number of hydrogen-bond acceptors (Lipinski definition) is 5. The molecule has 0 radical (unpaired) electrons. The molecule has 1 heterocycles. The number of amides is 2. The van der Waals surface area contributed by atoms with Crippen molar-refractivity contribution >= 4 is 17.8 Å². The van der Waals surface area contributed by atoms with Crippen LogP contribution < -0.4 is 5.32 Å². The molecule has 0 saturated carbocycles. The minimum Gasteiger partial charge on any atom is -0.459 e. The van der Waals surface area contributed by atoms with Gasteiger partial charge in [0.25, 0.3) is 11.8 Å². The van der Waals surface area contributed by atoms with Crippen molar-refractivity contribution in [1.82, 2.24) is 10.2 Å². The van der Waals surface area contributed by atoms with Gasteiger partial charge in [-0.2, -0.15) is 0 Å². The molecule has 0 aliphatic carbocycles. The SMILES string of the molecule is CC(C)C(NCCN1C(=O)c2ccccc2C1=O)C(=O)OC(C)(C)C. The number of nitrogens with one attached hydrogen (secondary N) is 1. The van der Waals surface area contributed by atoms with Gasteiger partial charge in [-0.25, -0.2) is 0 Å². The Hall–Kier alpha value is -2.21. The highest BCUT2D eigenvalue weighted by molar-refractivity contribution is 6.21. The van der Waals surface area contributed by atoms with Crippen LogP contribution in [0.15, 0.2) is 24.3 Å². The molecule has 0 bridgehead atoms. The number of carbonyl (C=O) groups excluding carboxylic acids is 3. The number of esters is 1. The average Bonchev–Trinajstić information content (AvgIpc) is 2.74. The first-order chi connectivity index (χ1) is 11.6. The van der Waals surface area contributed by atoms with Gasteiger partial charge in [0.2, 0.25) is 0 Å². The molecule has 2 amide bonds. The Balaban J connectivity index is 1.96. The van der Waals surface area contributed by atoms with Crippen LogP contribution in [0.2, 0.25) is 0 Å². The van der Waals surface area contributed by atoms with Gasteiger partial charge in [0.1, 0.15) is 11.6 Å². The molecule has 0 spiro atoms. The van der Waals surface area contributed by atoms with Crippen molar-refractivity contribution in [3.05, 3.63) is 35.4 Å².